The van der Waals surface area contributed by atoms with Crippen LogP contribution in [0.2, 0.25) is 0 Å². The van der Waals surface area contributed by atoms with Crippen LogP contribution in [-0.4, -0.2) is 25.7 Å². The van der Waals surface area contributed by atoms with Crippen LogP contribution < -0.4 is 10.2 Å². The maximum absolute atomic E-state index is 14.2. The zero-order valence-corrected chi connectivity index (χ0v) is 11.6. The second-order valence-electron chi connectivity index (χ2n) is 5.87. The second kappa shape index (κ2) is 5.80. The van der Waals surface area contributed by atoms with E-state index in [-0.39, 0.29) is 5.82 Å². The van der Waals surface area contributed by atoms with E-state index in [1.807, 2.05) is 6.07 Å². The first-order valence-electron chi connectivity index (χ1n) is 7.45. The smallest absolute Gasteiger partial charge is 0.147 e. The minimum Gasteiger partial charge on any atom is -0.366 e. The minimum atomic E-state index is -0.264. The van der Waals surface area contributed by atoms with E-state index >= 15 is 0 Å². The van der Waals surface area contributed by atoms with Gasteiger partial charge in [0, 0.05) is 12.6 Å². The summed E-state index contributed by atoms with van der Waals surface area (Å²) in [4.78, 5) is 2.22. The molecule has 4 heteroatoms. The molecule has 0 aromatic heterocycles. The van der Waals surface area contributed by atoms with Crippen molar-refractivity contribution in [3.8, 4) is 6.07 Å². The highest BCUT2D eigenvalue weighted by atomic mass is 19.1. The Morgan fingerprint density at radius 3 is 2.80 bits per heavy atom. The summed E-state index contributed by atoms with van der Waals surface area (Å²) in [5, 5.41) is 12.3. The number of halogens is 1. The SMILES string of the molecule is N#Cc1ccc(N(CC2CCCNC2)C2CC2)c(F)c1. The third-order valence-corrected chi connectivity index (χ3v) is 4.23. The molecule has 1 atom stereocenters. The molecule has 0 radical (unpaired) electrons. The van der Waals surface area contributed by atoms with Gasteiger partial charge in [-0.15, -0.1) is 0 Å². The van der Waals surface area contributed by atoms with Crippen LogP contribution in [0.5, 0.6) is 0 Å². The molecule has 1 aliphatic carbocycles. The molecule has 0 bridgehead atoms. The van der Waals surface area contributed by atoms with E-state index in [4.69, 9.17) is 5.26 Å². The van der Waals surface area contributed by atoms with Crippen LogP contribution in [0.15, 0.2) is 18.2 Å². The molecule has 1 aliphatic heterocycles. The molecule has 1 heterocycles. The first kappa shape index (κ1) is 13.4. The van der Waals surface area contributed by atoms with Crippen LogP contribution in [0.1, 0.15) is 31.2 Å². The third-order valence-electron chi connectivity index (χ3n) is 4.23. The van der Waals surface area contributed by atoms with Gasteiger partial charge in [-0.25, -0.2) is 4.39 Å². The van der Waals surface area contributed by atoms with Crippen molar-refractivity contribution in [3.63, 3.8) is 0 Å². The average molecular weight is 273 g/mol. The minimum absolute atomic E-state index is 0.264. The molecule has 0 spiro atoms. The molecular weight excluding hydrogens is 253 g/mol. The summed E-state index contributed by atoms with van der Waals surface area (Å²) in [6.07, 6.45) is 4.73. The molecule has 2 aliphatic rings. The van der Waals surface area contributed by atoms with Gasteiger partial charge < -0.3 is 10.2 Å². The predicted molar refractivity (Wildman–Crippen MR) is 77.1 cm³/mol. The van der Waals surface area contributed by atoms with Crippen molar-refractivity contribution in [2.45, 2.75) is 31.7 Å². The van der Waals surface area contributed by atoms with Gasteiger partial charge in [0.2, 0.25) is 0 Å². The molecule has 0 amide bonds. The zero-order valence-electron chi connectivity index (χ0n) is 11.6. The van der Waals surface area contributed by atoms with Gasteiger partial charge in [-0.05, 0) is 62.9 Å². The first-order valence-corrected chi connectivity index (χ1v) is 7.45. The Kier molecular flexibility index (Phi) is 3.88. The van der Waals surface area contributed by atoms with E-state index in [0.717, 1.165) is 32.5 Å². The molecule has 1 aromatic rings. The summed E-state index contributed by atoms with van der Waals surface area (Å²) in [5.74, 6) is 0.333. The van der Waals surface area contributed by atoms with E-state index in [9.17, 15) is 4.39 Å². The highest BCUT2D eigenvalue weighted by Crippen LogP contribution is 2.34. The number of hydrogen-bond acceptors (Lipinski definition) is 3. The maximum Gasteiger partial charge on any atom is 0.147 e. The lowest BCUT2D eigenvalue weighted by Gasteiger charge is -2.32. The molecule has 1 unspecified atom stereocenters. The van der Waals surface area contributed by atoms with Crippen molar-refractivity contribution in [2.75, 3.05) is 24.5 Å². The van der Waals surface area contributed by atoms with E-state index in [1.54, 1.807) is 12.1 Å². The summed E-state index contributed by atoms with van der Waals surface area (Å²) in [6, 6.07) is 7.31. The Hall–Kier alpha value is -1.60. The maximum atomic E-state index is 14.2. The number of piperidine rings is 1. The standard InChI is InChI=1S/C16H20FN3/c17-15-8-12(9-18)3-6-16(15)20(14-4-5-14)11-13-2-1-7-19-10-13/h3,6,8,13-14,19H,1-2,4-5,7,10-11H2. The second-order valence-corrected chi connectivity index (χ2v) is 5.87. The summed E-state index contributed by atoms with van der Waals surface area (Å²) < 4.78 is 14.2. The first-order chi connectivity index (χ1) is 9.78. The van der Waals surface area contributed by atoms with E-state index in [2.05, 4.69) is 10.2 Å². The van der Waals surface area contributed by atoms with E-state index < -0.39 is 0 Å². The Balaban J connectivity index is 1.78. The van der Waals surface area contributed by atoms with Crippen LogP contribution in [0.25, 0.3) is 0 Å². The highest BCUT2D eigenvalue weighted by Gasteiger charge is 2.32. The Morgan fingerprint density at radius 1 is 1.35 bits per heavy atom. The molecule has 3 rings (SSSR count). The largest absolute Gasteiger partial charge is 0.366 e. The van der Waals surface area contributed by atoms with Crippen molar-refractivity contribution >= 4 is 5.69 Å². The zero-order chi connectivity index (χ0) is 13.9. The van der Waals surface area contributed by atoms with Gasteiger partial charge in [0.25, 0.3) is 0 Å². The Bertz CT molecular complexity index is 513. The van der Waals surface area contributed by atoms with Crippen molar-refractivity contribution < 1.29 is 4.39 Å². The molecule has 1 saturated carbocycles. The molecule has 20 heavy (non-hydrogen) atoms. The lowest BCUT2D eigenvalue weighted by atomic mass is 9.98. The third kappa shape index (κ3) is 2.94. The van der Waals surface area contributed by atoms with Crippen LogP contribution in [-0.2, 0) is 0 Å². The van der Waals surface area contributed by atoms with Gasteiger partial charge in [-0.3, -0.25) is 0 Å². The highest BCUT2D eigenvalue weighted by molar-refractivity contribution is 5.53. The fraction of sp³-hybridized carbons (Fsp3) is 0.562. The van der Waals surface area contributed by atoms with Gasteiger partial charge >= 0.3 is 0 Å². The van der Waals surface area contributed by atoms with Gasteiger partial charge in [0.15, 0.2) is 0 Å². The summed E-state index contributed by atoms with van der Waals surface area (Å²) in [7, 11) is 0. The van der Waals surface area contributed by atoms with Gasteiger partial charge in [-0.1, -0.05) is 0 Å². The lowest BCUT2D eigenvalue weighted by Crippen LogP contribution is -2.39. The van der Waals surface area contributed by atoms with Gasteiger partial charge in [0.1, 0.15) is 5.82 Å². The lowest BCUT2D eigenvalue weighted by molar-refractivity contribution is 0.375. The predicted octanol–water partition coefficient (Wildman–Crippen LogP) is 2.67. The van der Waals surface area contributed by atoms with Crippen molar-refractivity contribution in [3.05, 3.63) is 29.6 Å². The number of nitriles is 1. The van der Waals surface area contributed by atoms with E-state index in [1.165, 1.54) is 18.9 Å². The van der Waals surface area contributed by atoms with Crippen LogP contribution in [0.3, 0.4) is 0 Å². The van der Waals surface area contributed by atoms with Gasteiger partial charge in [-0.2, -0.15) is 5.26 Å². The summed E-state index contributed by atoms with van der Waals surface area (Å²) >= 11 is 0. The van der Waals surface area contributed by atoms with Crippen LogP contribution in [0.4, 0.5) is 10.1 Å². The number of rotatable bonds is 4. The fourth-order valence-electron chi connectivity index (χ4n) is 3.00. The molecule has 3 nitrogen and oxygen atoms in total. The van der Waals surface area contributed by atoms with Crippen LogP contribution in [0, 0.1) is 23.1 Å². The number of nitrogens with one attached hydrogen (secondary N) is 1. The average Bonchev–Trinajstić information content (AvgIpc) is 3.31. The molecule has 2 fully saturated rings. The number of hydrogen-bond donors (Lipinski definition) is 1. The Morgan fingerprint density at radius 2 is 2.20 bits per heavy atom. The number of benzene rings is 1. The topological polar surface area (TPSA) is 39.1 Å². The molecule has 1 N–H and O–H groups in total. The monoisotopic (exact) mass is 273 g/mol. The van der Waals surface area contributed by atoms with Crippen LogP contribution >= 0.6 is 0 Å². The van der Waals surface area contributed by atoms with Crippen molar-refractivity contribution in [1.29, 1.82) is 5.26 Å². The molecular formula is C16H20FN3. The molecule has 1 saturated heterocycles. The molecule has 1 aromatic carbocycles. The number of anilines is 1. The molecule has 106 valence electrons. The quantitative estimate of drug-likeness (QED) is 0.916. The normalized spacial score (nSPS) is 22.3. The number of nitrogens with zero attached hydrogens (tertiary/aromatic N) is 2. The van der Waals surface area contributed by atoms with E-state index in [0.29, 0.717) is 23.2 Å². The van der Waals surface area contributed by atoms with Crippen molar-refractivity contribution in [1.82, 2.24) is 5.32 Å². The van der Waals surface area contributed by atoms with Crippen molar-refractivity contribution in [2.24, 2.45) is 5.92 Å². The van der Waals surface area contributed by atoms with Gasteiger partial charge in [0.05, 0.1) is 17.3 Å². The summed E-state index contributed by atoms with van der Waals surface area (Å²) in [5.41, 5.74) is 1.05. The fourth-order valence-corrected chi connectivity index (χ4v) is 3.00. The summed E-state index contributed by atoms with van der Waals surface area (Å²) in [6.45, 7) is 3.05. The Labute approximate surface area is 119 Å².